The summed E-state index contributed by atoms with van der Waals surface area (Å²) in [4.78, 5) is 37.5. The van der Waals surface area contributed by atoms with E-state index in [4.69, 9.17) is 11.6 Å². The molecule has 0 radical (unpaired) electrons. The number of imide groups is 1. The molecule has 134 valence electrons. The van der Waals surface area contributed by atoms with Gasteiger partial charge in [0.25, 0.3) is 5.91 Å². The SMILES string of the molecule is O=C(CN1C(=O)N[C@H](CCc2ccccc2)C1=O)Nc1ccc(Cl)cc1. The lowest BCUT2D eigenvalue weighted by molar-refractivity contribution is -0.130. The van der Waals surface area contributed by atoms with Crippen LogP contribution in [0.5, 0.6) is 0 Å². The molecule has 26 heavy (non-hydrogen) atoms. The fourth-order valence-corrected chi connectivity index (χ4v) is 2.88. The standard InChI is InChI=1S/C19H18ClN3O3/c20-14-7-9-15(10-8-14)21-17(24)12-23-18(25)16(22-19(23)26)11-6-13-4-2-1-3-5-13/h1-5,7-10,16H,6,11-12H2,(H,21,24)(H,22,26)/t16-/m1/s1. The minimum absolute atomic E-state index is 0.324. The fraction of sp³-hybridized carbons (Fsp3) is 0.211. The summed E-state index contributed by atoms with van der Waals surface area (Å²) in [6.07, 6.45) is 1.16. The van der Waals surface area contributed by atoms with Gasteiger partial charge in [-0.2, -0.15) is 0 Å². The van der Waals surface area contributed by atoms with Crippen molar-refractivity contribution in [1.82, 2.24) is 10.2 Å². The Bertz CT molecular complexity index is 809. The summed E-state index contributed by atoms with van der Waals surface area (Å²) in [6, 6.07) is 15.2. The summed E-state index contributed by atoms with van der Waals surface area (Å²) in [5, 5.41) is 5.83. The van der Waals surface area contributed by atoms with Crippen molar-refractivity contribution in [2.45, 2.75) is 18.9 Å². The molecule has 4 amide bonds. The molecule has 1 heterocycles. The number of amides is 4. The largest absolute Gasteiger partial charge is 0.326 e. The van der Waals surface area contributed by atoms with Crippen molar-refractivity contribution in [3.8, 4) is 0 Å². The van der Waals surface area contributed by atoms with Crippen LogP contribution >= 0.6 is 11.6 Å². The molecule has 0 aliphatic carbocycles. The van der Waals surface area contributed by atoms with E-state index >= 15 is 0 Å². The number of carbonyl (C=O) groups excluding carboxylic acids is 3. The van der Waals surface area contributed by atoms with E-state index in [0.29, 0.717) is 23.6 Å². The third-order valence-corrected chi connectivity index (χ3v) is 4.35. The van der Waals surface area contributed by atoms with E-state index < -0.39 is 18.0 Å². The van der Waals surface area contributed by atoms with Gasteiger partial charge in [0, 0.05) is 10.7 Å². The molecular weight excluding hydrogens is 354 g/mol. The van der Waals surface area contributed by atoms with Crippen molar-refractivity contribution in [2.24, 2.45) is 0 Å². The molecule has 1 saturated heterocycles. The van der Waals surface area contributed by atoms with Gasteiger partial charge in [0.2, 0.25) is 5.91 Å². The van der Waals surface area contributed by atoms with Crippen molar-refractivity contribution in [2.75, 3.05) is 11.9 Å². The first-order valence-corrected chi connectivity index (χ1v) is 8.62. The smallest absolute Gasteiger partial charge is 0.325 e. The summed E-state index contributed by atoms with van der Waals surface area (Å²) >= 11 is 5.80. The van der Waals surface area contributed by atoms with Gasteiger partial charge >= 0.3 is 6.03 Å². The first kappa shape index (κ1) is 17.9. The second kappa shape index (κ2) is 8.01. The molecule has 0 bridgehead atoms. The average molecular weight is 372 g/mol. The second-order valence-corrected chi connectivity index (χ2v) is 6.44. The van der Waals surface area contributed by atoms with Crippen molar-refractivity contribution < 1.29 is 14.4 Å². The molecule has 1 fully saturated rings. The van der Waals surface area contributed by atoms with Gasteiger partial charge in [-0.05, 0) is 42.7 Å². The van der Waals surface area contributed by atoms with Crippen LogP contribution in [0, 0.1) is 0 Å². The van der Waals surface area contributed by atoms with Gasteiger partial charge in [-0.1, -0.05) is 41.9 Å². The highest BCUT2D eigenvalue weighted by Crippen LogP contribution is 2.15. The number of rotatable bonds is 6. The van der Waals surface area contributed by atoms with E-state index in [1.54, 1.807) is 24.3 Å². The summed E-state index contributed by atoms with van der Waals surface area (Å²) in [5.41, 5.74) is 1.64. The van der Waals surface area contributed by atoms with E-state index in [1.165, 1.54) is 0 Å². The molecule has 0 saturated carbocycles. The van der Waals surface area contributed by atoms with E-state index in [9.17, 15) is 14.4 Å². The van der Waals surface area contributed by atoms with Crippen LogP contribution in [0.3, 0.4) is 0 Å². The third kappa shape index (κ3) is 4.40. The lowest BCUT2D eigenvalue weighted by Gasteiger charge is -2.13. The minimum atomic E-state index is -0.606. The molecule has 1 atom stereocenters. The molecule has 0 spiro atoms. The molecule has 2 N–H and O–H groups in total. The quantitative estimate of drug-likeness (QED) is 0.766. The molecule has 0 unspecified atom stereocenters. The number of urea groups is 1. The van der Waals surface area contributed by atoms with Crippen LogP contribution < -0.4 is 10.6 Å². The van der Waals surface area contributed by atoms with Crippen molar-refractivity contribution in [1.29, 1.82) is 0 Å². The Labute approximate surface area is 156 Å². The van der Waals surface area contributed by atoms with Gasteiger partial charge in [-0.25, -0.2) is 4.79 Å². The molecule has 1 aliphatic heterocycles. The molecule has 6 nitrogen and oxygen atoms in total. The molecule has 2 aromatic rings. The zero-order valence-corrected chi connectivity index (χ0v) is 14.7. The highest BCUT2D eigenvalue weighted by atomic mass is 35.5. The predicted octanol–water partition coefficient (Wildman–Crippen LogP) is 2.83. The number of aryl methyl sites for hydroxylation is 1. The van der Waals surface area contributed by atoms with E-state index in [-0.39, 0.29) is 12.5 Å². The fourth-order valence-electron chi connectivity index (χ4n) is 2.76. The Morgan fingerprint density at radius 1 is 1.08 bits per heavy atom. The van der Waals surface area contributed by atoms with Gasteiger partial charge in [0.1, 0.15) is 12.6 Å². The zero-order valence-electron chi connectivity index (χ0n) is 13.9. The van der Waals surface area contributed by atoms with Crippen LogP contribution in [0.4, 0.5) is 10.5 Å². The molecule has 3 rings (SSSR count). The maximum Gasteiger partial charge on any atom is 0.325 e. The van der Waals surface area contributed by atoms with Gasteiger partial charge < -0.3 is 10.6 Å². The predicted molar refractivity (Wildman–Crippen MR) is 98.9 cm³/mol. The van der Waals surface area contributed by atoms with Crippen LogP contribution in [-0.2, 0) is 16.0 Å². The Morgan fingerprint density at radius 2 is 1.77 bits per heavy atom. The van der Waals surface area contributed by atoms with Gasteiger partial charge in [-0.15, -0.1) is 0 Å². The van der Waals surface area contributed by atoms with Crippen molar-refractivity contribution >= 4 is 35.1 Å². The number of hydrogen-bond acceptors (Lipinski definition) is 3. The second-order valence-electron chi connectivity index (χ2n) is 6.01. The van der Waals surface area contributed by atoms with E-state index in [2.05, 4.69) is 10.6 Å². The Morgan fingerprint density at radius 3 is 2.46 bits per heavy atom. The van der Waals surface area contributed by atoms with E-state index in [1.807, 2.05) is 30.3 Å². The number of carbonyl (C=O) groups is 3. The van der Waals surface area contributed by atoms with Gasteiger partial charge in [0.05, 0.1) is 0 Å². The number of anilines is 1. The lowest BCUT2D eigenvalue weighted by atomic mass is 10.1. The summed E-state index contributed by atoms with van der Waals surface area (Å²) < 4.78 is 0. The third-order valence-electron chi connectivity index (χ3n) is 4.10. The number of nitrogens with zero attached hydrogens (tertiary/aromatic N) is 1. The molecule has 7 heteroatoms. The minimum Gasteiger partial charge on any atom is -0.326 e. The maximum atomic E-state index is 12.4. The monoisotopic (exact) mass is 371 g/mol. The van der Waals surface area contributed by atoms with Crippen molar-refractivity contribution in [3.05, 3.63) is 65.2 Å². The first-order valence-electron chi connectivity index (χ1n) is 8.24. The summed E-state index contributed by atoms with van der Waals surface area (Å²) in [5.74, 6) is -0.822. The van der Waals surface area contributed by atoms with Crippen LogP contribution in [0.1, 0.15) is 12.0 Å². The van der Waals surface area contributed by atoms with Crippen LogP contribution in [0.15, 0.2) is 54.6 Å². The zero-order chi connectivity index (χ0) is 18.5. The molecule has 0 aromatic heterocycles. The van der Waals surface area contributed by atoms with Gasteiger partial charge in [0.15, 0.2) is 0 Å². The summed E-state index contributed by atoms with van der Waals surface area (Å²) in [6.45, 7) is -0.324. The Kier molecular flexibility index (Phi) is 5.53. The van der Waals surface area contributed by atoms with E-state index in [0.717, 1.165) is 10.5 Å². The molecule has 1 aliphatic rings. The molecular formula is C19H18ClN3O3. The summed E-state index contributed by atoms with van der Waals surface area (Å²) in [7, 11) is 0. The average Bonchev–Trinajstić information content (AvgIpc) is 2.90. The van der Waals surface area contributed by atoms with Crippen molar-refractivity contribution in [3.63, 3.8) is 0 Å². The Balaban J connectivity index is 1.54. The number of hydrogen-bond donors (Lipinski definition) is 2. The van der Waals surface area contributed by atoms with Crippen LogP contribution in [-0.4, -0.2) is 35.3 Å². The number of halogens is 1. The number of nitrogens with one attached hydrogen (secondary N) is 2. The van der Waals surface area contributed by atoms with Gasteiger partial charge in [-0.3, -0.25) is 14.5 Å². The normalized spacial score (nSPS) is 16.5. The first-order chi connectivity index (χ1) is 12.5. The highest BCUT2D eigenvalue weighted by molar-refractivity contribution is 6.30. The van der Waals surface area contributed by atoms with Crippen LogP contribution in [0.25, 0.3) is 0 Å². The number of benzene rings is 2. The highest BCUT2D eigenvalue weighted by Gasteiger charge is 2.38. The lowest BCUT2D eigenvalue weighted by Crippen LogP contribution is -2.38. The maximum absolute atomic E-state index is 12.4. The Hall–Kier alpha value is -2.86. The molecule has 2 aromatic carbocycles. The topological polar surface area (TPSA) is 78.5 Å². The van der Waals surface area contributed by atoms with Crippen LogP contribution in [0.2, 0.25) is 5.02 Å².